The molecule has 1 atom stereocenters. The Hall–Kier alpha value is -3.20. The van der Waals surface area contributed by atoms with Crippen LogP contribution in [0.5, 0.6) is 0 Å². The van der Waals surface area contributed by atoms with E-state index in [4.69, 9.17) is 4.42 Å². The Labute approximate surface area is 126 Å². The maximum Gasteiger partial charge on any atom is 0.220 e. The molecule has 2 heterocycles. The van der Waals surface area contributed by atoms with Gasteiger partial charge >= 0.3 is 0 Å². The number of aryl methyl sites for hydroxylation is 1. The molecule has 0 spiro atoms. The van der Waals surface area contributed by atoms with Crippen molar-refractivity contribution < 1.29 is 9.21 Å². The van der Waals surface area contributed by atoms with E-state index in [9.17, 15) is 10.1 Å². The second-order valence-electron chi connectivity index (χ2n) is 4.76. The van der Waals surface area contributed by atoms with E-state index in [1.165, 1.54) is 6.08 Å². The van der Waals surface area contributed by atoms with Crippen molar-refractivity contribution in [2.45, 2.75) is 5.92 Å². The van der Waals surface area contributed by atoms with Crippen LogP contribution in [-0.4, -0.2) is 20.5 Å². The van der Waals surface area contributed by atoms with Crippen molar-refractivity contribution in [2.24, 2.45) is 7.05 Å². The van der Waals surface area contributed by atoms with Gasteiger partial charge in [-0.25, -0.2) is 4.98 Å². The number of nitrogens with zero attached hydrogens (tertiary/aromatic N) is 4. The van der Waals surface area contributed by atoms with Gasteiger partial charge in [0.1, 0.15) is 5.52 Å². The highest BCUT2D eigenvalue weighted by atomic mass is 16.3. The molecule has 2 aromatic heterocycles. The van der Waals surface area contributed by atoms with Crippen LogP contribution >= 0.6 is 0 Å². The van der Waals surface area contributed by atoms with Gasteiger partial charge < -0.3 is 4.42 Å². The van der Waals surface area contributed by atoms with E-state index in [0.29, 0.717) is 11.1 Å². The largest absolute Gasteiger partial charge is 0.439 e. The summed E-state index contributed by atoms with van der Waals surface area (Å²) in [5.74, 6) is -1.32. The number of carbonyl (C=O) groups is 1. The third-order valence-electron chi connectivity index (χ3n) is 3.14. The summed E-state index contributed by atoms with van der Waals surface area (Å²) in [6.45, 7) is 0. The van der Waals surface area contributed by atoms with Gasteiger partial charge in [-0.2, -0.15) is 10.4 Å². The average Bonchev–Trinajstić information content (AvgIpc) is 3.11. The topological polar surface area (TPSA) is 84.7 Å². The SMILES string of the molecule is Cn1cc(/C=C\C(=O)[C@@H](C#N)c2nc3ccccc3o2)cn1. The molecule has 6 heteroatoms. The average molecular weight is 292 g/mol. The van der Waals surface area contributed by atoms with Gasteiger partial charge in [-0.15, -0.1) is 0 Å². The first kappa shape index (κ1) is 13.8. The molecule has 0 bridgehead atoms. The standard InChI is InChI=1S/C16H12N4O2/c1-20-10-11(9-18-20)6-7-14(21)12(8-17)16-19-13-4-2-3-5-15(13)22-16/h2-7,9-10,12H,1H3/b7-6-/t12-/m1/s1. The molecular formula is C16H12N4O2. The lowest BCUT2D eigenvalue weighted by Gasteiger charge is -1.98. The van der Waals surface area contributed by atoms with Crippen molar-refractivity contribution >= 4 is 23.0 Å². The fourth-order valence-electron chi connectivity index (χ4n) is 2.05. The number of benzene rings is 1. The van der Waals surface area contributed by atoms with Gasteiger partial charge in [0.2, 0.25) is 5.89 Å². The van der Waals surface area contributed by atoms with Crippen LogP contribution in [0.2, 0.25) is 0 Å². The Morgan fingerprint density at radius 3 is 2.95 bits per heavy atom. The normalized spacial score (nSPS) is 12.5. The molecule has 0 aliphatic rings. The fourth-order valence-corrected chi connectivity index (χ4v) is 2.05. The number of fused-ring (bicyclic) bond motifs is 1. The van der Waals surface area contributed by atoms with Crippen LogP contribution in [0.1, 0.15) is 17.4 Å². The number of ketones is 1. The van der Waals surface area contributed by atoms with Crippen molar-refractivity contribution in [2.75, 3.05) is 0 Å². The maximum atomic E-state index is 12.2. The van der Waals surface area contributed by atoms with Gasteiger partial charge in [-0.1, -0.05) is 12.1 Å². The molecular weight excluding hydrogens is 280 g/mol. The Morgan fingerprint density at radius 2 is 2.27 bits per heavy atom. The van der Waals surface area contributed by atoms with Gasteiger partial charge in [-0.3, -0.25) is 9.48 Å². The number of nitriles is 1. The number of rotatable bonds is 4. The van der Waals surface area contributed by atoms with Crippen LogP contribution in [0.25, 0.3) is 17.2 Å². The zero-order valence-electron chi connectivity index (χ0n) is 11.8. The predicted octanol–water partition coefficient (Wildman–Crippen LogP) is 2.45. The molecule has 3 aromatic rings. The zero-order chi connectivity index (χ0) is 15.5. The first-order chi connectivity index (χ1) is 10.7. The van der Waals surface area contributed by atoms with E-state index in [1.54, 1.807) is 42.3 Å². The van der Waals surface area contributed by atoms with Crippen molar-refractivity contribution in [3.63, 3.8) is 0 Å². The summed E-state index contributed by atoms with van der Waals surface area (Å²) < 4.78 is 7.13. The highest BCUT2D eigenvalue weighted by Gasteiger charge is 2.23. The molecule has 0 saturated heterocycles. The lowest BCUT2D eigenvalue weighted by molar-refractivity contribution is -0.115. The molecule has 1 aromatic carbocycles. The highest BCUT2D eigenvalue weighted by Crippen LogP contribution is 2.22. The lowest BCUT2D eigenvalue weighted by atomic mass is 10.1. The molecule has 3 rings (SSSR count). The number of hydrogen-bond donors (Lipinski definition) is 0. The summed E-state index contributed by atoms with van der Waals surface area (Å²) in [6, 6.07) is 9.09. The maximum absolute atomic E-state index is 12.2. The van der Waals surface area contributed by atoms with Crippen LogP contribution in [0.4, 0.5) is 0 Å². The molecule has 6 nitrogen and oxygen atoms in total. The first-order valence-electron chi connectivity index (χ1n) is 6.63. The summed E-state index contributed by atoms with van der Waals surface area (Å²) in [4.78, 5) is 16.4. The molecule has 108 valence electrons. The number of para-hydroxylation sites is 2. The second kappa shape index (κ2) is 5.66. The summed E-state index contributed by atoms with van der Waals surface area (Å²) in [5, 5.41) is 13.3. The van der Waals surface area contributed by atoms with Gasteiger partial charge in [0.15, 0.2) is 17.3 Å². The van der Waals surface area contributed by atoms with Gasteiger partial charge in [0, 0.05) is 18.8 Å². The Morgan fingerprint density at radius 1 is 1.45 bits per heavy atom. The van der Waals surface area contributed by atoms with E-state index in [0.717, 1.165) is 5.56 Å². The van der Waals surface area contributed by atoms with Crippen molar-refractivity contribution in [3.05, 3.63) is 54.2 Å². The molecule has 0 radical (unpaired) electrons. The minimum Gasteiger partial charge on any atom is -0.439 e. The van der Waals surface area contributed by atoms with Crippen LogP contribution in [-0.2, 0) is 11.8 Å². The molecule has 0 amide bonds. The van der Waals surface area contributed by atoms with Crippen molar-refractivity contribution in [3.8, 4) is 6.07 Å². The predicted molar refractivity (Wildman–Crippen MR) is 79.6 cm³/mol. The minimum absolute atomic E-state index is 0.115. The minimum atomic E-state index is -1.06. The molecule has 0 unspecified atom stereocenters. The molecule has 0 saturated carbocycles. The summed E-state index contributed by atoms with van der Waals surface area (Å²) in [7, 11) is 1.79. The van der Waals surface area contributed by atoms with E-state index < -0.39 is 5.92 Å². The molecule has 0 fully saturated rings. The molecule has 0 N–H and O–H groups in total. The third-order valence-corrected chi connectivity index (χ3v) is 3.14. The van der Waals surface area contributed by atoms with Crippen molar-refractivity contribution in [1.82, 2.24) is 14.8 Å². The van der Waals surface area contributed by atoms with Crippen LogP contribution < -0.4 is 0 Å². The van der Waals surface area contributed by atoms with Gasteiger partial charge in [0.05, 0.1) is 12.3 Å². The summed E-state index contributed by atoms with van der Waals surface area (Å²) in [6.07, 6.45) is 6.36. The first-order valence-corrected chi connectivity index (χ1v) is 6.63. The second-order valence-corrected chi connectivity index (χ2v) is 4.76. The Bertz CT molecular complexity index is 865. The zero-order valence-corrected chi connectivity index (χ0v) is 11.8. The third kappa shape index (κ3) is 2.65. The monoisotopic (exact) mass is 292 g/mol. The van der Waals surface area contributed by atoms with E-state index in [2.05, 4.69) is 10.1 Å². The van der Waals surface area contributed by atoms with Crippen molar-refractivity contribution in [1.29, 1.82) is 5.26 Å². The molecule has 0 aliphatic heterocycles. The van der Waals surface area contributed by atoms with E-state index in [-0.39, 0.29) is 11.7 Å². The number of allylic oxidation sites excluding steroid dienone is 1. The fraction of sp³-hybridized carbons (Fsp3) is 0.125. The number of oxazole rings is 1. The Balaban J connectivity index is 1.85. The number of carbonyl (C=O) groups excluding carboxylic acids is 1. The van der Waals surface area contributed by atoms with Gasteiger partial charge in [0.25, 0.3) is 0 Å². The summed E-state index contributed by atoms with van der Waals surface area (Å²) in [5.41, 5.74) is 1.97. The number of hydrogen-bond acceptors (Lipinski definition) is 5. The highest BCUT2D eigenvalue weighted by molar-refractivity contribution is 6.00. The number of aromatic nitrogens is 3. The Kier molecular flexibility index (Phi) is 3.54. The van der Waals surface area contributed by atoms with E-state index in [1.807, 2.05) is 18.2 Å². The van der Waals surface area contributed by atoms with E-state index >= 15 is 0 Å². The summed E-state index contributed by atoms with van der Waals surface area (Å²) >= 11 is 0. The van der Waals surface area contributed by atoms with Crippen LogP contribution in [0, 0.1) is 11.3 Å². The van der Waals surface area contributed by atoms with Crippen LogP contribution in [0.3, 0.4) is 0 Å². The smallest absolute Gasteiger partial charge is 0.220 e. The quantitative estimate of drug-likeness (QED) is 0.689. The molecule has 0 aliphatic carbocycles. The van der Waals surface area contributed by atoms with Gasteiger partial charge in [-0.05, 0) is 24.3 Å². The molecule has 22 heavy (non-hydrogen) atoms. The lowest BCUT2D eigenvalue weighted by Crippen LogP contribution is -2.08. The van der Waals surface area contributed by atoms with Crippen LogP contribution in [0.15, 0.2) is 47.2 Å².